The van der Waals surface area contributed by atoms with Crippen LogP contribution in [0.3, 0.4) is 0 Å². The van der Waals surface area contributed by atoms with Gasteiger partial charge in [-0.3, -0.25) is 14.5 Å². The van der Waals surface area contributed by atoms with E-state index in [2.05, 4.69) is 0 Å². The fourth-order valence-corrected chi connectivity index (χ4v) is 3.03. The average Bonchev–Trinajstić information content (AvgIpc) is 2.82. The molecule has 0 radical (unpaired) electrons. The van der Waals surface area contributed by atoms with Crippen molar-refractivity contribution < 1.29 is 38.5 Å². The Balaban J connectivity index is 2.31. The molecule has 0 aromatic carbocycles. The van der Waals surface area contributed by atoms with Crippen molar-refractivity contribution >= 4 is 93.2 Å². The molecule has 1 fully saturated rings. The monoisotopic (exact) mass is 545 g/mol. The molecular weight excluding hydrogens is 535 g/mol. The van der Waals surface area contributed by atoms with Gasteiger partial charge in [0.2, 0.25) is 5.91 Å². The summed E-state index contributed by atoms with van der Waals surface area (Å²) in [4.78, 5) is 48.3. The highest BCUT2D eigenvalue weighted by Gasteiger charge is 2.59. The molecule has 0 spiro atoms. The Kier molecular flexibility index (Phi) is 7.85. The number of aliphatic hydroxyl groups is 1. The van der Waals surface area contributed by atoms with Crippen molar-refractivity contribution in [1.29, 1.82) is 0 Å². The molecule has 1 N–H and O–H groups in total. The number of allylic oxidation sites excluding steroid dienone is 1. The van der Waals surface area contributed by atoms with E-state index in [1.54, 1.807) is 0 Å². The van der Waals surface area contributed by atoms with Crippen molar-refractivity contribution in [3.8, 4) is 0 Å². The smallest absolute Gasteiger partial charge is 0.359 e. The predicted octanol–water partition coefficient (Wildman–Crippen LogP) is 1.97. The Morgan fingerprint density at radius 3 is 2.27 bits per heavy atom. The van der Waals surface area contributed by atoms with Crippen molar-refractivity contribution in [1.82, 2.24) is 4.90 Å². The first-order valence-electron chi connectivity index (χ1n) is 7.97. The molecule has 9 nitrogen and oxygen atoms in total. The first kappa shape index (κ1) is 25.7. The minimum Gasteiger partial charge on any atom is -0.460 e. The number of rotatable bonds is 4. The van der Waals surface area contributed by atoms with Crippen LogP contribution >= 0.6 is 69.6 Å². The molecule has 15 heteroatoms. The molecule has 0 aromatic rings. The van der Waals surface area contributed by atoms with E-state index in [0.717, 1.165) is 17.2 Å². The summed E-state index contributed by atoms with van der Waals surface area (Å²) in [5.41, 5.74) is -2.09. The molecule has 1 amide bonds. The minimum atomic E-state index is -2.50. The largest absolute Gasteiger partial charge is 0.460 e. The SMILES string of the molecule is C[C@]1(O)[C@H](OC(=O)C(Cl)(Cl)Cl)[C@@H](COC(=O)C(Cl)(Cl)Cl)O[C@H]1N1C=CC(=O)CC1=O. The van der Waals surface area contributed by atoms with Gasteiger partial charge in [-0.1, -0.05) is 69.6 Å². The van der Waals surface area contributed by atoms with Crippen LogP contribution in [0, 0.1) is 0 Å². The van der Waals surface area contributed by atoms with Crippen molar-refractivity contribution in [3.63, 3.8) is 0 Å². The second-order valence-electron chi connectivity index (χ2n) is 6.43. The molecule has 0 saturated carbocycles. The van der Waals surface area contributed by atoms with Crippen LogP contribution in [-0.2, 0) is 33.4 Å². The number of hydrogen-bond acceptors (Lipinski definition) is 8. The number of ketones is 1. The Hall–Kier alpha value is -0.520. The lowest BCUT2D eigenvalue weighted by Gasteiger charge is -2.35. The lowest BCUT2D eigenvalue weighted by molar-refractivity contribution is -0.167. The molecular formula is C15H13Cl6NO8. The summed E-state index contributed by atoms with van der Waals surface area (Å²) in [6, 6.07) is 0. The van der Waals surface area contributed by atoms with E-state index in [9.17, 15) is 24.3 Å². The summed E-state index contributed by atoms with van der Waals surface area (Å²) in [5, 5.41) is 11.0. The average molecular weight is 548 g/mol. The highest BCUT2D eigenvalue weighted by atomic mass is 35.6. The fraction of sp³-hybridized carbons (Fsp3) is 0.600. The van der Waals surface area contributed by atoms with E-state index in [-0.39, 0.29) is 0 Å². The van der Waals surface area contributed by atoms with Gasteiger partial charge in [-0.15, -0.1) is 0 Å². The molecule has 168 valence electrons. The maximum absolute atomic E-state index is 12.2. The van der Waals surface area contributed by atoms with Gasteiger partial charge in [0.05, 0.1) is 6.42 Å². The third-order valence-electron chi connectivity index (χ3n) is 4.08. The summed E-state index contributed by atoms with van der Waals surface area (Å²) in [7, 11) is 0. The number of nitrogens with zero attached hydrogens (tertiary/aromatic N) is 1. The number of halogens is 6. The lowest BCUT2D eigenvalue weighted by atomic mass is 9.95. The normalized spacial score (nSPS) is 29.9. The molecule has 4 atom stereocenters. The molecule has 1 saturated heterocycles. The molecule has 0 aromatic heterocycles. The quantitative estimate of drug-likeness (QED) is 0.322. The van der Waals surface area contributed by atoms with Crippen LogP contribution in [0.4, 0.5) is 0 Å². The first-order chi connectivity index (χ1) is 13.5. The Bertz CT molecular complexity index is 774. The molecule has 2 aliphatic rings. The van der Waals surface area contributed by atoms with Gasteiger partial charge in [0, 0.05) is 6.20 Å². The number of carbonyl (C=O) groups is 4. The van der Waals surface area contributed by atoms with Crippen LogP contribution in [0.15, 0.2) is 12.3 Å². The second-order valence-corrected chi connectivity index (χ2v) is 11.0. The highest BCUT2D eigenvalue weighted by Crippen LogP contribution is 2.39. The predicted molar refractivity (Wildman–Crippen MR) is 106 cm³/mol. The van der Waals surface area contributed by atoms with Crippen molar-refractivity contribution in [3.05, 3.63) is 12.3 Å². The minimum absolute atomic E-state index is 0.457. The zero-order valence-electron chi connectivity index (χ0n) is 14.8. The van der Waals surface area contributed by atoms with E-state index in [1.807, 2.05) is 0 Å². The van der Waals surface area contributed by atoms with E-state index in [4.69, 9.17) is 83.8 Å². The van der Waals surface area contributed by atoms with Crippen LogP contribution < -0.4 is 0 Å². The van der Waals surface area contributed by atoms with E-state index < -0.39 is 68.3 Å². The van der Waals surface area contributed by atoms with E-state index in [0.29, 0.717) is 0 Å². The topological polar surface area (TPSA) is 119 Å². The number of ether oxygens (including phenoxy) is 3. The molecule has 0 aliphatic carbocycles. The van der Waals surface area contributed by atoms with Gasteiger partial charge >= 0.3 is 11.9 Å². The maximum Gasteiger partial charge on any atom is 0.359 e. The molecule has 30 heavy (non-hydrogen) atoms. The summed E-state index contributed by atoms with van der Waals surface area (Å²) >= 11 is 32.8. The zero-order valence-corrected chi connectivity index (χ0v) is 19.4. The van der Waals surface area contributed by atoms with Crippen LogP contribution in [0.25, 0.3) is 0 Å². The van der Waals surface area contributed by atoms with Gasteiger partial charge in [-0.2, -0.15) is 0 Å². The summed E-state index contributed by atoms with van der Waals surface area (Å²) in [6.45, 7) is 0.504. The molecule has 2 rings (SSSR count). The van der Waals surface area contributed by atoms with Gasteiger partial charge in [-0.25, -0.2) is 9.59 Å². The maximum atomic E-state index is 12.2. The molecule has 2 aliphatic heterocycles. The van der Waals surface area contributed by atoms with Crippen LogP contribution in [0.5, 0.6) is 0 Å². The number of amides is 1. The third kappa shape index (κ3) is 5.83. The molecule has 2 heterocycles. The van der Waals surface area contributed by atoms with Gasteiger partial charge < -0.3 is 19.3 Å². The van der Waals surface area contributed by atoms with E-state index in [1.165, 1.54) is 6.92 Å². The van der Waals surface area contributed by atoms with Crippen LogP contribution in [0.2, 0.25) is 0 Å². The number of esters is 2. The summed E-state index contributed by atoms with van der Waals surface area (Å²) in [6.07, 6.45) is -2.70. The highest BCUT2D eigenvalue weighted by molar-refractivity contribution is 6.76. The standard InChI is InChI=1S/C15H13Cl6NO8/c1-13(27)9(30-12(26)15(19,20)21)7(5-28-11(25)14(16,17)18)29-10(13)22-3-2-6(23)4-8(22)24/h2-3,7,9-10,27H,4-5H2,1H3/t7-,9-,10-,13+/m1/s1. The Labute approximate surface area is 200 Å². The number of hydrogen-bond donors (Lipinski definition) is 1. The fourth-order valence-electron chi connectivity index (χ4n) is 2.74. The van der Waals surface area contributed by atoms with Gasteiger partial charge in [0.25, 0.3) is 7.59 Å². The summed E-state index contributed by atoms with van der Waals surface area (Å²) in [5.74, 6) is -3.79. The van der Waals surface area contributed by atoms with Gasteiger partial charge in [0.15, 0.2) is 18.1 Å². The Morgan fingerprint density at radius 2 is 1.77 bits per heavy atom. The van der Waals surface area contributed by atoms with Crippen molar-refractivity contribution in [2.24, 2.45) is 0 Å². The Morgan fingerprint density at radius 1 is 1.20 bits per heavy atom. The first-order valence-corrected chi connectivity index (χ1v) is 10.2. The van der Waals surface area contributed by atoms with Gasteiger partial charge in [0.1, 0.15) is 18.3 Å². The number of carbonyl (C=O) groups excluding carboxylic acids is 4. The van der Waals surface area contributed by atoms with Crippen LogP contribution in [-0.4, -0.2) is 71.9 Å². The third-order valence-corrected chi connectivity index (χ3v) is 5.01. The molecule has 0 bridgehead atoms. The second kappa shape index (κ2) is 9.15. The lowest BCUT2D eigenvalue weighted by Crippen LogP contribution is -2.55. The number of alkyl halides is 6. The van der Waals surface area contributed by atoms with Crippen molar-refractivity contribution in [2.45, 2.75) is 45.0 Å². The summed E-state index contributed by atoms with van der Waals surface area (Å²) < 4.78 is 10.6. The van der Waals surface area contributed by atoms with E-state index >= 15 is 0 Å². The van der Waals surface area contributed by atoms with Crippen LogP contribution in [0.1, 0.15) is 13.3 Å². The van der Waals surface area contributed by atoms with Crippen molar-refractivity contribution in [2.75, 3.05) is 6.61 Å². The van der Waals surface area contributed by atoms with Gasteiger partial charge in [-0.05, 0) is 13.0 Å². The molecule has 0 unspecified atom stereocenters. The zero-order chi connectivity index (χ0) is 23.1.